The van der Waals surface area contributed by atoms with Crippen LogP contribution < -0.4 is 0 Å². The number of fused-ring (bicyclic) bond motifs is 1. The summed E-state index contributed by atoms with van der Waals surface area (Å²) < 4.78 is 1.56. The molecule has 0 aromatic carbocycles. The van der Waals surface area contributed by atoms with E-state index in [0.717, 1.165) is 9.88 Å². The number of hydrogen-bond donors (Lipinski definition) is 0. The Kier molecular flexibility index (Phi) is 3.34. The molecule has 0 N–H and O–H groups in total. The molecule has 0 radical (unpaired) electrons. The van der Waals surface area contributed by atoms with Gasteiger partial charge in [0.05, 0.1) is 34.9 Å². The van der Waals surface area contributed by atoms with Crippen LogP contribution in [0.4, 0.5) is 0 Å². The van der Waals surface area contributed by atoms with E-state index in [1.165, 1.54) is 17.5 Å². The third-order valence-corrected chi connectivity index (χ3v) is 4.00. The lowest BCUT2D eigenvalue weighted by Crippen LogP contribution is -2.10. The van der Waals surface area contributed by atoms with Crippen molar-refractivity contribution >= 4 is 28.4 Å². The lowest BCUT2D eigenvalue weighted by atomic mass is 10.1. The highest BCUT2D eigenvalue weighted by Crippen LogP contribution is 2.19. The molecule has 0 bridgehead atoms. The summed E-state index contributed by atoms with van der Waals surface area (Å²) in [4.78, 5) is 33.5. The van der Waals surface area contributed by atoms with E-state index >= 15 is 0 Å². The van der Waals surface area contributed by atoms with Crippen LogP contribution in [-0.2, 0) is 0 Å². The highest BCUT2D eigenvalue weighted by molar-refractivity contribution is 7.11. The zero-order valence-corrected chi connectivity index (χ0v) is 12.3. The van der Waals surface area contributed by atoms with E-state index in [1.807, 2.05) is 13.8 Å². The van der Waals surface area contributed by atoms with Crippen LogP contribution in [0, 0.1) is 13.8 Å². The fraction of sp³-hybridized carbons (Fsp3) is 0.214. The molecule has 7 heteroatoms. The second kappa shape index (κ2) is 5.17. The van der Waals surface area contributed by atoms with Gasteiger partial charge in [-0.2, -0.15) is 5.10 Å². The monoisotopic (exact) mass is 300 g/mol. The Labute approximate surface area is 124 Å². The zero-order valence-electron chi connectivity index (χ0n) is 11.5. The minimum absolute atomic E-state index is 0.208. The molecule has 0 atom stereocenters. The second-order valence-electron chi connectivity index (χ2n) is 4.63. The van der Waals surface area contributed by atoms with Crippen molar-refractivity contribution in [2.75, 3.05) is 0 Å². The van der Waals surface area contributed by atoms with Crippen LogP contribution in [0.25, 0.3) is 5.52 Å². The van der Waals surface area contributed by atoms with Crippen LogP contribution in [0.5, 0.6) is 0 Å². The third kappa shape index (κ3) is 2.47. The largest absolute Gasteiger partial charge is 0.294 e. The SMILES string of the molecule is Cc1nc(C(=O)CC(=O)c2cnn3ccncc23)c(C)s1. The molecule has 0 unspecified atom stereocenters. The molecule has 106 valence electrons. The van der Waals surface area contributed by atoms with Gasteiger partial charge in [-0.3, -0.25) is 14.6 Å². The van der Waals surface area contributed by atoms with Crippen LogP contribution in [0.15, 0.2) is 24.8 Å². The smallest absolute Gasteiger partial charge is 0.190 e. The van der Waals surface area contributed by atoms with E-state index in [0.29, 0.717) is 16.8 Å². The van der Waals surface area contributed by atoms with Crippen LogP contribution in [0.2, 0.25) is 0 Å². The molecule has 0 saturated carbocycles. The van der Waals surface area contributed by atoms with Gasteiger partial charge in [-0.15, -0.1) is 11.3 Å². The van der Waals surface area contributed by atoms with E-state index in [2.05, 4.69) is 15.1 Å². The summed E-state index contributed by atoms with van der Waals surface area (Å²) in [6.45, 7) is 3.68. The van der Waals surface area contributed by atoms with Gasteiger partial charge in [0.1, 0.15) is 5.69 Å². The lowest BCUT2D eigenvalue weighted by molar-refractivity contribution is 0.0892. The maximum absolute atomic E-state index is 12.3. The van der Waals surface area contributed by atoms with Crippen molar-refractivity contribution in [1.82, 2.24) is 19.6 Å². The number of carbonyl (C=O) groups excluding carboxylic acids is 2. The Balaban J connectivity index is 1.86. The van der Waals surface area contributed by atoms with E-state index in [4.69, 9.17) is 0 Å². The van der Waals surface area contributed by atoms with Gasteiger partial charge in [-0.25, -0.2) is 9.50 Å². The molecule has 3 heterocycles. The lowest BCUT2D eigenvalue weighted by Gasteiger charge is -1.98. The Morgan fingerprint density at radius 3 is 2.76 bits per heavy atom. The highest BCUT2D eigenvalue weighted by Gasteiger charge is 2.20. The molecule has 3 aromatic heterocycles. The summed E-state index contributed by atoms with van der Waals surface area (Å²) in [7, 11) is 0. The number of rotatable bonds is 4. The number of nitrogens with zero attached hydrogens (tertiary/aromatic N) is 4. The van der Waals surface area contributed by atoms with Gasteiger partial charge in [0, 0.05) is 17.3 Å². The minimum atomic E-state index is -0.270. The summed E-state index contributed by atoms with van der Waals surface area (Å²) in [6, 6.07) is 0. The Morgan fingerprint density at radius 1 is 1.24 bits per heavy atom. The molecule has 3 rings (SSSR count). The van der Waals surface area contributed by atoms with Crippen molar-refractivity contribution in [1.29, 1.82) is 0 Å². The predicted molar refractivity (Wildman–Crippen MR) is 77.9 cm³/mol. The summed E-state index contributed by atoms with van der Waals surface area (Å²) >= 11 is 1.45. The number of aryl methyl sites for hydroxylation is 2. The van der Waals surface area contributed by atoms with Gasteiger partial charge in [0.2, 0.25) is 0 Å². The quantitative estimate of drug-likeness (QED) is 0.545. The van der Waals surface area contributed by atoms with Gasteiger partial charge in [0.15, 0.2) is 11.6 Å². The van der Waals surface area contributed by atoms with E-state index in [9.17, 15) is 9.59 Å². The van der Waals surface area contributed by atoms with Crippen LogP contribution >= 0.6 is 11.3 Å². The third-order valence-electron chi connectivity index (χ3n) is 3.11. The topological polar surface area (TPSA) is 77.2 Å². The van der Waals surface area contributed by atoms with Gasteiger partial charge < -0.3 is 0 Å². The second-order valence-corrected chi connectivity index (χ2v) is 6.03. The minimum Gasteiger partial charge on any atom is -0.294 e. The summed E-state index contributed by atoms with van der Waals surface area (Å²) in [5, 5.41) is 4.90. The van der Waals surface area contributed by atoms with E-state index in [1.54, 1.807) is 23.1 Å². The van der Waals surface area contributed by atoms with Gasteiger partial charge >= 0.3 is 0 Å². The Bertz CT molecular complexity index is 850. The van der Waals surface area contributed by atoms with Crippen molar-refractivity contribution < 1.29 is 9.59 Å². The molecule has 21 heavy (non-hydrogen) atoms. The normalized spacial score (nSPS) is 11.0. The first-order chi connectivity index (χ1) is 10.1. The zero-order chi connectivity index (χ0) is 15.0. The maximum Gasteiger partial charge on any atom is 0.190 e. The molecule has 3 aromatic rings. The molecule has 0 amide bonds. The van der Waals surface area contributed by atoms with E-state index in [-0.39, 0.29) is 18.0 Å². The number of aromatic nitrogens is 4. The van der Waals surface area contributed by atoms with Gasteiger partial charge in [0.25, 0.3) is 0 Å². The van der Waals surface area contributed by atoms with Crippen molar-refractivity contribution in [3.05, 3.63) is 45.9 Å². The number of thiazole rings is 1. The average molecular weight is 300 g/mol. The standard InChI is InChI=1S/C14H12N4O2S/c1-8-14(17-9(2)21-8)13(20)5-12(19)10-6-16-18-4-3-15-7-11(10)18/h3-4,6-7H,5H2,1-2H3. The predicted octanol–water partition coefficient (Wildman–Crippen LogP) is 2.26. The first-order valence-electron chi connectivity index (χ1n) is 6.34. The first kappa shape index (κ1) is 13.6. The maximum atomic E-state index is 12.3. The van der Waals surface area contributed by atoms with Crippen molar-refractivity contribution in [3.8, 4) is 0 Å². The number of hydrogen-bond acceptors (Lipinski definition) is 6. The molecule has 6 nitrogen and oxygen atoms in total. The number of ketones is 2. The highest BCUT2D eigenvalue weighted by atomic mass is 32.1. The first-order valence-corrected chi connectivity index (χ1v) is 7.15. The molecular weight excluding hydrogens is 288 g/mol. The molecule has 0 spiro atoms. The molecule has 0 aliphatic rings. The van der Waals surface area contributed by atoms with E-state index < -0.39 is 0 Å². The average Bonchev–Trinajstić information content (AvgIpc) is 3.01. The fourth-order valence-electron chi connectivity index (χ4n) is 2.16. The van der Waals surface area contributed by atoms with Gasteiger partial charge in [-0.05, 0) is 13.8 Å². The fourth-order valence-corrected chi connectivity index (χ4v) is 3.00. The van der Waals surface area contributed by atoms with Crippen LogP contribution in [0.3, 0.4) is 0 Å². The van der Waals surface area contributed by atoms with Crippen LogP contribution in [0.1, 0.15) is 37.2 Å². The van der Waals surface area contributed by atoms with Crippen molar-refractivity contribution in [2.24, 2.45) is 0 Å². The Hall–Kier alpha value is -2.41. The summed E-state index contributed by atoms with van der Waals surface area (Å²) in [5.41, 5.74) is 1.39. The molecule has 0 aliphatic heterocycles. The molecule has 0 saturated heterocycles. The number of carbonyl (C=O) groups is 2. The number of Topliss-reactive ketones (excluding diaryl/α,β-unsaturated/α-hetero) is 2. The Morgan fingerprint density at radius 2 is 2.05 bits per heavy atom. The summed E-state index contributed by atoms with van der Waals surface area (Å²) in [5.74, 6) is -0.529. The van der Waals surface area contributed by atoms with Crippen molar-refractivity contribution in [3.63, 3.8) is 0 Å². The molecule has 0 fully saturated rings. The van der Waals surface area contributed by atoms with Crippen molar-refractivity contribution in [2.45, 2.75) is 20.3 Å². The summed E-state index contributed by atoms with van der Waals surface area (Å²) in [6.07, 6.45) is 6.05. The molecule has 0 aliphatic carbocycles. The van der Waals surface area contributed by atoms with Crippen LogP contribution in [-0.4, -0.2) is 31.1 Å². The van der Waals surface area contributed by atoms with Gasteiger partial charge in [-0.1, -0.05) is 0 Å². The molecular formula is C14H12N4O2S.